The SMILES string of the molecule is C/C=C\C(=C/N(C)C(F)(F)F)NC1=NC(COCC)=NC2NC(c3ncccc3Cl)=CC=C12. The smallest absolute Gasteiger partial charge is 0.374 e. The molecule has 11 heteroatoms. The summed E-state index contributed by atoms with van der Waals surface area (Å²) >= 11 is 6.28. The summed E-state index contributed by atoms with van der Waals surface area (Å²) in [7, 11) is 0.936. The molecule has 2 aliphatic rings. The van der Waals surface area contributed by atoms with Crippen molar-refractivity contribution in [3.05, 3.63) is 70.8 Å². The average Bonchev–Trinajstić information content (AvgIpc) is 2.77. The van der Waals surface area contributed by atoms with Crippen molar-refractivity contribution in [1.82, 2.24) is 20.5 Å². The molecule has 2 aliphatic heterocycles. The van der Waals surface area contributed by atoms with Crippen LogP contribution in [0.25, 0.3) is 5.70 Å². The quantitative estimate of drug-likeness (QED) is 0.451. The molecule has 3 rings (SSSR count). The molecule has 7 nitrogen and oxygen atoms in total. The van der Waals surface area contributed by atoms with E-state index >= 15 is 0 Å². The summed E-state index contributed by atoms with van der Waals surface area (Å²) in [6.45, 7) is 4.18. The lowest BCUT2D eigenvalue weighted by molar-refractivity contribution is -0.219. The Hall–Kier alpha value is -3.11. The molecule has 176 valence electrons. The van der Waals surface area contributed by atoms with Gasteiger partial charge < -0.3 is 15.4 Å². The Kier molecular flexibility index (Phi) is 7.93. The van der Waals surface area contributed by atoms with E-state index in [1.165, 1.54) is 6.08 Å². The number of allylic oxidation sites excluding steroid dienone is 4. The zero-order chi connectivity index (χ0) is 24.0. The zero-order valence-electron chi connectivity index (χ0n) is 18.3. The fraction of sp³-hybridized carbons (Fsp3) is 0.318. The molecule has 1 aromatic rings. The second-order valence-corrected chi connectivity index (χ2v) is 7.42. The first-order valence-corrected chi connectivity index (χ1v) is 10.5. The van der Waals surface area contributed by atoms with Gasteiger partial charge in [0.05, 0.1) is 16.4 Å². The number of aromatic nitrogens is 1. The maximum atomic E-state index is 13.1. The molecule has 0 aromatic carbocycles. The number of alkyl halides is 3. The highest BCUT2D eigenvalue weighted by Crippen LogP contribution is 2.26. The second-order valence-electron chi connectivity index (χ2n) is 7.01. The van der Waals surface area contributed by atoms with Crippen molar-refractivity contribution in [2.24, 2.45) is 9.98 Å². The molecule has 0 fully saturated rings. The summed E-state index contributed by atoms with van der Waals surface area (Å²) in [6, 6.07) is 3.47. The Balaban J connectivity index is 1.97. The van der Waals surface area contributed by atoms with E-state index in [0.29, 0.717) is 40.3 Å². The van der Waals surface area contributed by atoms with Crippen molar-refractivity contribution in [1.29, 1.82) is 0 Å². The Morgan fingerprint density at radius 3 is 2.82 bits per heavy atom. The molecule has 0 saturated heterocycles. The third kappa shape index (κ3) is 6.23. The lowest BCUT2D eigenvalue weighted by atomic mass is 10.0. The number of hydrogen-bond donors (Lipinski definition) is 2. The van der Waals surface area contributed by atoms with Crippen molar-refractivity contribution < 1.29 is 17.9 Å². The lowest BCUT2D eigenvalue weighted by Crippen LogP contribution is -2.42. The molecule has 1 unspecified atom stereocenters. The topological polar surface area (TPSA) is 74.1 Å². The van der Waals surface area contributed by atoms with Crippen LogP contribution in [-0.2, 0) is 4.74 Å². The molecule has 33 heavy (non-hydrogen) atoms. The van der Waals surface area contributed by atoms with E-state index in [-0.39, 0.29) is 17.2 Å². The normalized spacial score (nSPS) is 18.6. The number of fused-ring (bicyclic) bond motifs is 1. The van der Waals surface area contributed by atoms with Crippen LogP contribution in [0.5, 0.6) is 0 Å². The van der Waals surface area contributed by atoms with Gasteiger partial charge >= 0.3 is 6.30 Å². The number of rotatable bonds is 7. The summed E-state index contributed by atoms with van der Waals surface area (Å²) < 4.78 is 44.6. The Bertz CT molecular complexity index is 1060. The van der Waals surface area contributed by atoms with Crippen LogP contribution >= 0.6 is 11.6 Å². The fourth-order valence-corrected chi connectivity index (χ4v) is 3.25. The molecular formula is C22H24ClF3N6O. The van der Waals surface area contributed by atoms with Crippen molar-refractivity contribution in [2.45, 2.75) is 26.3 Å². The Morgan fingerprint density at radius 2 is 2.15 bits per heavy atom. The predicted octanol–water partition coefficient (Wildman–Crippen LogP) is 4.24. The molecule has 0 amide bonds. The van der Waals surface area contributed by atoms with Gasteiger partial charge in [0, 0.05) is 31.6 Å². The van der Waals surface area contributed by atoms with E-state index in [2.05, 4.69) is 25.6 Å². The van der Waals surface area contributed by atoms with Gasteiger partial charge in [-0.25, -0.2) is 9.98 Å². The van der Waals surface area contributed by atoms with Gasteiger partial charge in [-0.1, -0.05) is 17.7 Å². The highest BCUT2D eigenvalue weighted by Gasteiger charge is 2.33. The molecule has 1 aromatic heterocycles. The Labute approximate surface area is 195 Å². The van der Waals surface area contributed by atoms with Crippen LogP contribution in [0.4, 0.5) is 13.2 Å². The number of halogens is 4. The Morgan fingerprint density at radius 1 is 1.36 bits per heavy atom. The number of hydrogen-bond acceptors (Lipinski definition) is 7. The van der Waals surface area contributed by atoms with E-state index in [1.807, 2.05) is 6.92 Å². The van der Waals surface area contributed by atoms with Gasteiger partial charge in [-0.15, -0.1) is 0 Å². The minimum Gasteiger partial charge on any atom is -0.374 e. The van der Waals surface area contributed by atoms with Gasteiger partial charge in [0.25, 0.3) is 0 Å². The fourth-order valence-electron chi connectivity index (χ4n) is 3.03. The van der Waals surface area contributed by atoms with E-state index in [9.17, 15) is 13.2 Å². The van der Waals surface area contributed by atoms with E-state index < -0.39 is 12.5 Å². The van der Waals surface area contributed by atoms with Gasteiger partial charge in [0.1, 0.15) is 18.1 Å². The number of amidine groups is 2. The third-order valence-corrected chi connectivity index (χ3v) is 4.90. The van der Waals surface area contributed by atoms with Crippen LogP contribution in [0.2, 0.25) is 5.02 Å². The van der Waals surface area contributed by atoms with E-state index in [1.54, 1.807) is 43.5 Å². The minimum absolute atomic E-state index is 0.154. The second kappa shape index (κ2) is 10.7. The first-order valence-electron chi connectivity index (χ1n) is 10.2. The number of nitrogens with zero attached hydrogens (tertiary/aromatic N) is 4. The average molecular weight is 481 g/mol. The molecule has 0 radical (unpaired) electrons. The summed E-state index contributed by atoms with van der Waals surface area (Å²) in [5.74, 6) is 0.755. The van der Waals surface area contributed by atoms with Gasteiger partial charge in [-0.3, -0.25) is 9.88 Å². The first-order chi connectivity index (χ1) is 15.7. The highest BCUT2D eigenvalue weighted by atomic mass is 35.5. The van der Waals surface area contributed by atoms with Crippen LogP contribution in [0.15, 0.2) is 70.1 Å². The van der Waals surface area contributed by atoms with E-state index in [0.717, 1.165) is 13.2 Å². The summed E-state index contributed by atoms with van der Waals surface area (Å²) in [6.07, 6.45) is 4.25. The van der Waals surface area contributed by atoms with Gasteiger partial charge in [-0.2, -0.15) is 13.2 Å². The van der Waals surface area contributed by atoms with Gasteiger partial charge in [0.2, 0.25) is 0 Å². The van der Waals surface area contributed by atoms with Crippen LogP contribution in [-0.4, -0.2) is 54.3 Å². The number of nitrogens with one attached hydrogen (secondary N) is 2. The minimum atomic E-state index is -4.52. The summed E-state index contributed by atoms with van der Waals surface area (Å²) in [5.41, 5.74) is 2.08. The van der Waals surface area contributed by atoms with Gasteiger partial charge in [0.15, 0.2) is 12.0 Å². The molecule has 0 aliphatic carbocycles. The van der Waals surface area contributed by atoms with Crippen molar-refractivity contribution in [3.8, 4) is 0 Å². The van der Waals surface area contributed by atoms with Crippen LogP contribution in [0.3, 0.4) is 0 Å². The number of aliphatic imine (C=N–C) groups is 2. The van der Waals surface area contributed by atoms with Crippen LogP contribution < -0.4 is 10.6 Å². The molecule has 0 saturated carbocycles. The number of dihydropyridines is 1. The highest BCUT2D eigenvalue weighted by molar-refractivity contribution is 6.32. The van der Waals surface area contributed by atoms with Crippen molar-refractivity contribution in [2.75, 3.05) is 20.3 Å². The third-order valence-electron chi connectivity index (χ3n) is 4.60. The lowest BCUT2D eigenvalue weighted by Gasteiger charge is -2.29. The molecule has 2 N–H and O–H groups in total. The largest absolute Gasteiger partial charge is 0.484 e. The summed E-state index contributed by atoms with van der Waals surface area (Å²) in [4.78, 5) is 13.6. The zero-order valence-corrected chi connectivity index (χ0v) is 19.1. The maximum Gasteiger partial charge on any atom is 0.484 e. The van der Waals surface area contributed by atoms with Crippen LogP contribution in [0.1, 0.15) is 19.5 Å². The molecular weight excluding hydrogens is 457 g/mol. The monoisotopic (exact) mass is 480 g/mol. The van der Waals surface area contributed by atoms with Crippen molar-refractivity contribution >= 4 is 29.0 Å². The summed E-state index contributed by atoms with van der Waals surface area (Å²) in [5, 5.41) is 6.75. The number of ether oxygens (including phenoxy) is 1. The molecule has 1 atom stereocenters. The first kappa shape index (κ1) is 24.5. The standard InChI is InChI=1S/C22H24ClF3N6O/c1-4-7-14(12-32(3)22(24,25)26)28-20-15-9-10-17(19-16(23)8-6-11-27-19)29-21(15)31-18(30-20)13-33-5-2/h4,6-12,21,29H,5,13H2,1-3H3,(H,28,30,31)/b7-4-,14-12+. The molecule has 0 spiro atoms. The predicted molar refractivity (Wildman–Crippen MR) is 123 cm³/mol. The molecule has 0 bridgehead atoms. The van der Waals surface area contributed by atoms with E-state index in [4.69, 9.17) is 16.3 Å². The molecule has 3 heterocycles. The van der Waals surface area contributed by atoms with Crippen LogP contribution in [0, 0.1) is 0 Å². The van der Waals surface area contributed by atoms with Gasteiger partial charge in [-0.05, 0) is 44.2 Å². The number of pyridine rings is 1. The maximum absolute atomic E-state index is 13.1. The van der Waals surface area contributed by atoms with Crippen molar-refractivity contribution in [3.63, 3.8) is 0 Å².